The zero-order valence-electron chi connectivity index (χ0n) is 13.2. The van der Waals surface area contributed by atoms with Crippen molar-refractivity contribution in [2.75, 3.05) is 5.32 Å². The summed E-state index contributed by atoms with van der Waals surface area (Å²) >= 11 is 0. The Bertz CT molecular complexity index is 954. The van der Waals surface area contributed by atoms with Crippen LogP contribution in [0.2, 0.25) is 0 Å². The van der Waals surface area contributed by atoms with Gasteiger partial charge in [-0.15, -0.1) is 10.2 Å². The highest BCUT2D eigenvalue weighted by atomic mass is 16.5. The van der Waals surface area contributed by atoms with Gasteiger partial charge in [0.05, 0.1) is 0 Å². The third kappa shape index (κ3) is 4.04. The Balaban J connectivity index is 1.58. The predicted molar refractivity (Wildman–Crippen MR) is 87.8 cm³/mol. The first-order valence-corrected chi connectivity index (χ1v) is 7.31. The van der Waals surface area contributed by atoms with E-state index in [-0.39, 0.29) is 23.8 Å². The predicted octanol–water partition coefficient (Wildman–Crippen LogP) is 2.05. The van der Waals surface area contributed by atoms with E-state index < -0.39 is 5.97 Å². The second-order valence-electron chi connectivity index (χ2n) is 4.93. The number of aromatic nitrogens is 4. The molecule has 0 saturated carbocycles. The summed E-state index contributed by atoms with van der Waals surface area (Å²) in [4.78, 5) is 10.8. The Labute approximate surface area is 146 Å². The van der Waals surface area contributed by atoms with Crippen molar-refractivity contribution in [2.24, 2.45) is 0 Å². The molecule has 2 aromatic heterocycles. The molecular weight excluding hydrogens is 340 g/mol. The lowest BCUT2D eigenvalue weighted by Gasteiger charge is -2.06. The van der Waals surface area contributed by atoms with Gasteiger partial charge < -0.3 is 19.6 Å². The molecule has 0 fully saturated rings. The molecule has 3 N–H and O–H groups in total. The summed E-state index contributed by atoms with van der Waals surface area (Å²) in [6.45, 7) is 0.108. The van der Waals surface area contributed by atoms with Gasteiger partial charge in [0.1, 0.15) is 29.8 Å². The molecule has 0 bridgehead atoms. The number of hydrogen-bond donors (Lipinski definition) is 3. The van der Waals surface area contributed by atoms with E-state index in [1.54, 1.807) is 30.3 Å². The zero-order valence-corrected chi connectivity index (χ0v) is 13.2. The molecule has 0 aliphatic carbocycles. The van der Waals surface area contributed by atoms with Crippen molar-refractivity contribution < 1.29 is 19.1 Å². The van der Waals surface area contributed by atoms with E-state index in [1.165, 1.54) is 12.3 Å². The highest BCUT2D eigenvalue weighted by Crippen LogP contribution is 2.18. The summed E-state index contributed by atoms with van der Waals surface area (Å²) in [5.41, 5.74) is 0.950. The molecule has 0 unspecified atom stereocenters. The van der Waals surface area contributed by atoms with Gasteiger partial charge in [0, 0.05) is 11.9 Å². The number of benzene rings is 1. The molecule has 130 valence electrons. The first-order valence-electron chi connectivity index (χ1n) is 7.31. The number of furan rings is 1. The van der Waals surface area contributed by atoms with E-state index >= 15 is 0 Å². The molecule has 0 spiro atoms. The average Bonchev–Trinajstić information content (AvgIpc) is 3.34. The van der Waals surface area contributed by atoms with Crippen molar-refractivity contribution in [2.45, 2.75) is 6.61 Å². The maximum absolute atomic E-state index is 10.8. The Morgan fingerprint density at radius 2 is 2.15 bits per heavy atom. The van der Waals surface area contributed by atoms with Gasteiger partial charge in [0.15, 0.2) is 0 Å². The van der Waals surface area contributed by atoms with Gasteiger partial charge in [-0.1, -0.05) is 0 Å². The minimum absolute atomic E-state index is 0.108. The molecule has 26 heavy (non-hydrogen) atoms. The van der Waals surface area contributed by atoms with E-state index in [1.807, 2.05) is 6.07 Å². The number of allylic oxidation sites excluding steroid dienone is 1. The van der Waals surface area contributed by atoms with Crippen LogP contribution in [0.1, 0.15) is 22.1 Å². The number of aromatic carboxylic acids is 1. The van der Waals surface area contributed by atoms with Crippen molar-refractivity contribution in [3.05, 3.63) is 59.9 Å². The summed E-state index contributed by atoms with van der Waals surface area (Å²) in [6, 6.07) is 11.8. The van der Waals surface area contributed by atoms with E-state index in [2.05, 4.69) is 25.9 Å². The van der Waals surface area contributed by atoms with Crippen LogP contribution < -0.4 is 10.1 Å². The second-order valence-corrected chi connectivity index (χ2v) is 4.93. The lowest BCUT2D eigenvalue weighted by Crippen LogP contribution is -1.96. The molecule has 3 rings (SSSR count). The van der Waals surface area contributed by atoms with Crippen molar-refractivity contribution in [1.82, 2.24) is 20.6 Å². The molecule has 10 nitrogen and oxygen atoms in total. The summed E-state index contributed by atoms with van der Waals surface area (Å²) in [5.74, 6) is -0.0842. The molecule has 3 aromatic rings. The van der Waals surface area contributed by atoms with E-state index in [4.69, 9.17) is 19.5 Å². The molecular formula is C16H12N6O4. The summed E-state index contributed by atoms with van der Waals surface area (Å²) in [5, 5.41) is 34.0. The molecule has 0 aliphatic rings. The topological polar surface area (TPSA) is 150 Å². The smallest absolute Gasteiger partial charge is 0.371 e. The third-order valence-electron chi connectivity index (χ3n) is 3.20. The fraction of sp³-hybridized carbons (Fsp3) is 0.0625. The fourth-order valence-electron chi connectivity index (χ4n) is 1.95. The van der Waals surface area contributed by atoms with Crippen molar-refractivity contribution >= 4 is 17.2 Å². The number of nitrogens with one attached hydrogen (secondary N) is 2. The van der Waals surface area contributed by atoms with E-state index in [9.17, 15) is 4.79 Å². The van der Waals surface area contributed by atoms with Crippen molar-refractivity contribution in [3.8, 4) is 11.8 Å². The van der Waals surface area contributed by atoms with Crippen LogP contribution in [-0.2, 0) is 6.61 Å². The van der Waals surface area contributed by atoms with Crippen LogP contribution in [0, 0.1) is 11.3 Å². The lowest BCUT2D eigenvalue weighted by molar-refractivity contribution is 0.0658. The number of ether oxygens (including phenoxy) is 1. The van der Waals surface area contributed by atoms with Gasteiger partial charge in [-0.25, -0.2) is 4.79 Å². The zero-order chi connectivity index (χ0) is 18.4. The number of tetrazole rings is 1. The molecule has 0 amide bonds. The molecule has 0 aliphatic heterocycles. The molecule has 0 atom stereocenters. The third-order valence-corrected chi connectivity index (χ3v) is 3.20. The Kier molecular flexibility index (Phi) is 4.90. The molecule has 10 heteroatoms. The normalized spacial score (nSPS) is 11.0. The van der Waals surface area contributed by atoms with Crippen LogP contribution in [0.4, 0.5) is 5.69 Å². The highest BCUT2D eigenvalue weighted by molar-refractivity contribution is 5.84. The number of hydrogen-bond acceptors (Lipinski definition) is 8. The first kappa shape index (κ1) is 16.7. The first-order chi connectivity index (χ1) is 12.7. The van der Waals surface area contributed by atoms with Crippen LogP contribution >= 0.6 is 0 Å². The number of nitrogens with zero attached hydrogens (tertiary/aromatic N) is 4. The number of carbonyl (C=O) groups is 1. The summed E-state index contributed by atoms with van der Waals surface area (Å²) in [7, 11) is 0. The van der Waals surface area contributed by atoms with Gasteiger partial charge in [0.25, 0.3) is 0 Å². The summed E-state index contributed by atoms with van der Waals surface area (Å²) in [6.07, 6.45) is 1.47. The van der Waals surface area contributed by atoms with Crippen molar-refractivity contribution in [3.63, 3.8) is 0 Å². The number of aromatic amines is 1. The van der Waals surface area contributed by atoms with Crippen LogP contribution in [0.3, 0.4) is 0 Å². The monoisotopic (exact) mass is 352 g/mol. The van der Waals surface area contributed by atoms with E-state index in [0.717, 1.165) is 5.69 Å². The molecule has 1 aromatic carbocycles. The minimum Gasteiger partial charge on any atom is -0.486 e. The second kappa shape index (κ2) is 7.63. The number of carboxylic acids is 1. The Morgan fingerprint density at radius 3 is 2.77 bits per heavy atom. The standard InChI is InChI=1S/C16H12N6O4/c17-7-10(15-19-21-22-20-15)8-18-11-1-3-12(4-2-11)25-9-13-5-6-14(26-13)16(23)24/h1-6,8,18H,9H2,(H,23,24)(H,19,20,21,22). The van der Waals surface area contributed by atoms with Crippen LogP contribution in [0.25, 0.3) is 5.57 Å². The van der Waals surface area contributed by atoms with Gasteiger partial charge in [0.2, 0.25) is 11.6 Å². The van der Waals surface area contributed by atoms with Crippen LogP contribution in [-0.4, -0.2) is 31.7 Å². The van der Waals surface area contributed by atoms with Crippen molar-refractivity contribution in [1.29, 1.82) is 5.26 Å². The molecule has 0 radical (unpaired) electrons. The highest BCUT2D eigenvalue weighted by Gasteiger charge is 2.09. The maximum Gasteiger partial charge on any atom is 0.371 e. The largest absolute Gasteiger partial charge is 0.486 e. The number of nitriles is 1. The number of H-pyrrole nitrogens is 1. The Hall–Kier alpha value is -4.13. The molecule has 0 saturated heterocycles. The fourth-order valence-corrected chi connectivity index (χ4v) is 1.95. The van der Waals surface area contributed by atoms with Crippen LogP contribution in [0.5, 0.6) is 5.75 Å². The van der Waals surface area contributed by atoms with Gasteiger partial charge >= 0.3 is 5.97 Å². The summed E-state index contributed by atoms with van der Waals surface area (Å²) < 4.78 is 10.6. The van der Waals surface area contributed by atoms with E-state index in [0.29, 0.717) is 11.5 Å². The maximum atomic E-state index is 10.8. The van der Waals surface area contributed by atoms with Crippen LogP contribution in [0.15, 0.2) is 47.0 Å². The molecule has 2 heterocycles. The lowest BCUT2D eigenvalue weighted by atomic mass is 10.3. The number of anilines is 1. The minimum atomic E-state index is -1.13. The number of rotatable bonds is 7. The van der Waals surface area contributed by atoms with Gasteiger partial charge in [-0.2, -0.15) is 10.5 Å². The average molecular weight is 352 g/mol. The SMILES string of the molecule is N#CC(=CNc1ccc(OCc2ccc(C(=O)O)o2)cc1)c1nn[nH]n1. The quantitative estimate of drug-likeness (QED) is 0.543. The Morgan fingerprint density at radius 1 is 1.35 bits per heavy atom. The van der Waals surface area contributed by atoms with Gasteiger partial charge in [-0.05, 0) is 41.6 Å². The van der Waals surface area contributed by atoms with Gasteiger partial charge in [-0.3, -0.25) is 0 Å². The number of carboxylic acid groups (broad SMARTS) is 1.